The molecule has 9 heteroatoms. The third-order valence-electron chi connectivity index (χ3n) is 4.58. The Morgan fingerprint density at radius 3 is 2.69 bits per heavy atom. The highest BCUT2D eigenvalue weighted by Gasteiger charge is 2.35. The van der Waals surface area contributed by atoms with E-state index in [9.17, 15) is 8.42 Å². The van der Waals surface area contributed by atoms with E-state index in [-0.39, 0.29) is 12.6 Å². The van der Waals surface area contributed by atoms with Crippen molar-refractivity contribution in [2.45, 2.75) is 45.2 Å². The van der Waals surface area contributed by atoms with Gasteiger partial charge in [-0.3, -0.25) is 9.36 Å². The molecule has 8 nitrogen and oxygen atoms in total. The van der Waals surface area contributed by atoms with Crippen LogP contribution in [0, 0.1) is 19.8 Å². The van der Waals surface area contributed by atoms with Crippen molar-refractivity contribution in [2.75, 3.05) is 19.7 Å². The maximum Gasteiger partial charge on any atom is 0.246 e. The van der Waals surface area contributed by atoms with E-state index >= 15 is 0 Å². The first-order valence-electron chi connectivity index (χ1n) is 8.84. The molecule has 0 saturated carbocycles. The van der Waals surface area contributed by atoms with Crippen LogP contribution in [0.5, 0.6) is 0 Å². The Morgan fingerprint density at radius 1 is 1.35 bits per heavy atom. The molecule has 1 fully saturated rings. The van der Waals surface area contributed by atoms with Crippen LogP contribution < -0.4 is 0 Å². The molecule has 0 radical (unpaired) electrons. The van der Waals surface area contributed by atoms with Crippen LogP contribution in [0.3, 0.4) is 0 Å². The third-order valence-corrected chi connectivity index (χ3v) is 6.70. The van der Waals surface area contributed by atoms with Crippen LogP contribution in [0.25, 0.3) is 0 Å². The molecule has 0 N–H and O–H groups in total. The van der Waals surface area contributed by atoms with Gasteiger partial charge in [-0.1, -0.05) is 13.8 Å². The average Bonchev–Trinajstić information content (AvgIpc) is 3.11. The monoisotopic (exact) mass is 381 g/mol. The largest absolute Gasteiger partial charge is 0.371 e. The van der Waals surface area contributed by atoms with Gasteiger partial charge in [-0.25, -0.2) is 8.42 Å². The highest BCUT2D eigenvalue weighted by molar-refractivity contribution is 7.89. The topological polar surface area (TPSA) is 82.2 Å². The number of aromatic nitrogens is 4. The van der Waals surface area contributed by atoms with Crippen molar-refractivity contribution in [2.24, 2.45) is 13.0 Å². The maximum absolute atomic E-state index is 13.3. The molecule has 144 valence electrons. The van der Waals surface area contributed by atoms with E-state index in [4.69, 9.17) is 4.74 Å². The molecule has 0 amide bonds. The Balaban J connectivity index is 1.89. The molecular formula is C17H27N5O3S. The zero-order valence-electron chi connectivity index (χ0n) is 16.0. The van der Waals surface area contributed by atoms with Crippen LogP contribution in [0.2, 0.25) is 0 Å². The molecule has 0 spiro atoms. The van der Waals surface area contributed by atoms with Crippen molar-refractivity contribution >= 4 is 10.0 Å². The minimum Gasteiger partial charge on any atom is -0.371 e. The number of aryl methyl sites for hydroxylation is 2. The van der Waals surface area contributed by atoms with Crippen LogP contribution in [0.4, 0.5) is 0 Å². The predicted octanol–water partition coefficient (Wildman–Crippen LogP) is 1.65. The molecule has 0 aliphatic carbocycles. The molecule has 1 atom stereocenters. The third kappa shape index (κ3) is 3.56. The summed E-state index contributed by atoms with van der Waals surface area (Å²) in [4.78, 5) is 0.324. The normalized spacial score (nSPS) is 19.4. The fourth-order valence-electron chi connectivity index (χ4n) is 3.36. The van der Waals surface area contributed by atoms with Gasteiger partial charge in [0.1, 0.15) is 4.90 Å². The van der Waals surface area contributed by atoms with Gasteiger partial charge >= 0.3 is 0 Å². The van der Waals surface area contributed by atoms with Crippen molar-refractivity contribution < 1.29 is 13.2 Å². The first-order chi connectivity index (χ1) is 12.2. The maximum atomic E-state index is 13.3. The van der Waals surface area contributed by atoms with E-state index in [0.717, 1.165) is 5.56 Å². The Labute approximate surface area is 154 Å². The highest BCUT2D eigenvalue weighted by atomic mass is 32.2. The fraction of sp³-hybridized carbons (Fsp3) is 0.647. The van der Waals surface area contributed by atoms with Crippen LogP contribution in [0.1, 0.15) is 36.9 Å². The molecule has 1 saturated heterocycles. The summed E-state index contributed by atoms with van der Waals surface area (Å²) < 4.78 is 37.4. The molecule has 0 unspecified atom stereocenters. The Hall–Kier alpha value is -1.71. The molecule has 1 aliphatic heterocycles. The number of rotatable bonds is 5. The summed E-state index contributed by atoms with van der Waals surface area (Å²) in [5.41, 5.74) is 2.13. The second kappa shape index (κ2) is 7.13. The molecule has 1 aliphatic rings. The number of sulfonamides is 1. The van der Waals surface area contributed by atoms with Crippen LogP contribution in [0.15, 0.2) is 17.3 Å². The van der Waals surface area contributed by atoms with Gasteiger partial charge < -0.3 is 4.74 Å². The summed E-state index contributed by atoms with van der Waals surface area (Å²) in [6.07, 6.45) is 3.27. The van der Waals surface area contributed by atoms with Gasteiger partial charge in [0, 0.05) is 38.4 Å². The Morgan fingerprint density at radius 2 is 2.08 bits per heavy atom. The first-order valence-corrected chi connectivity index (χ1v) is 10.3. The Kier molecular flexibility index (Phi) is 5.23. The van der Waals surface area contributed by atoms with Crippen LogP contribution in [-0.2, 0) is 28.4 Å². The van der Waals surface area contributed by atoms with Crippen LogP contribution in [-0.4, -0.2) is 52.0 Å². The van der Waals surface area contributed by atoms with Crippen LogP contribution >= 0.6 is 0 Å². The lowest BCUT2D eigenvalue weighted by molar-refractivity contribution is -0.00261. The Bertz CT molecular complexity index is 884. The number of ether oxygens (including phenoxy) is 1. The van der Waals surface area contributed by atoms with Crippen molar-refractivity contribution in [3.05, 3.63) is 29.3 Å². The van der Waals surface area contributed by atoms with Crippen molar-refractivity contribution in [3.8, 4) is 0 Å². The molecule has 3 rings (SSSR count). The lowest BCUT2D eigenvalue weighted by Gasteiger charge is -2.31. The minimum absolute atomic E-state index is 0.280. The molecule has 0 aromatic carbocycles. The number of hydrogen-bond donors (Lipinski definition) is 0. The molecule has 2 aromatic rings. The lowest BCUT2D eigenvalue weighted by Crippen LogP contribution is -2.42. The molecular weight excluding hydrogens is 354 g/mol. The summed E-state index contributed by atoms with van der Waals surface area (Å²) in [6, 6.07) is 0. The van der Waals surface area contributed by atoms with E-state index in [0.29, 0.717) is 41.9 Å². The van der Waals surface area contributed by atoms with Gasteiger partial charge in [0.25, 0.3) is 0 Å². The van der Waals surface area contributed by atoms with Crippen molar-refractivity contribution in [1.29, 1.82) is 0 Å². The number of hydrogen-bond acceptors (Lipinski definition) is 5. The zero-order valence-corrected chi connectivity index (χ0v) is 16.8. The number of morpholine rings is 1. The van der Waals surface area contributed by atoms with Gasteiger partial charge in [-0.15, -0.1) is 0 Å². The molecule has 2 aromatic heterocycles. The fourth-order valence-corrected chi connectivity index (χ4v) is 5.16. The quantitative estimate of drug-likeness (QED) is 0.786. The van der Waals surface area contributed by atoms with Gasteiger partial charge in [0.2, 0.25) is 10.0 Å². The van der Waals surface area contributed by atoms with Gasteiger partial charge in [0.15, 0.2) is 0 Å². The lowest BCUT2D eigenvalue weighted by atomic mass is 10.2. The standard InChI is InChI=1S/C17H27N5O3S/c1-12(2)9-22-14(4)17(13(3)19-22)26(23,24)21-6-7-25-16(11-21)15-8-18-20(5)10-15/h8,10,12,16H,6-7,9,11H2,1-5H3/t16-/m0/s1. The SMILES string of the molecule is Cc1nn(CC(C)C)c(C)c1S(=O)(=O)N1CCO[C@H](c2cnn(C)c2)C1. The molecule has 0 bridgehead atoms. The number of nitrogens with zero attached hydrogens (tertiary/aromatic N) is 5. The van der Waals surface area contributed by atoms with Crippen molar-refractivity contribution in [1.82, 2.24) is 23.9 Å². The summed E-state index contributed by atoms with van der Waals surface area (Å²) in [5, 5.41) is 8.61. The van der Waals surface area contributed by atoms with Gasteiger partial charge in [-0.2, -0.15) is 14.5 Å². The summed E-state index contributed by atoms with van der Waals surface area (Å²) in [6.45, 7) is 9.44. The van der Waals surface area contributed by atoms with Gasteiger partial charge in [-0.05, 0) is 19.8 Å². The predicted molar refractivity (Wildman–Crippen MR) is 97.2 cm³/mol. The summed E-state index contributed by atoms with van der Waals surface area (Å²) >= 11 is 0. The second-order valence-corrected chi connectivity index (χ2v) is 9.12. The van der Waals surface area contributed by atoms with E-state index in [1.165, 1.54) is 4.31 Å². The highest BCUT2D eigenvalue weighted by Crippen LogP contribution is 2.29. The van der Waals surface area contributed by atoms with E-state index in [2.05, 4.69) is 24.0 Å². The molecule has 26 heavy (non-hydrogen) atoms. The van der Waals surface area contributed by atoms with E-state index < -0.39 is 10.0 Å². The second-order valence-electron chi connectivity index (χ2n) is 7.25. The summed E-state index contributed by atoms with van der Waals surface area (Å²) in [7, 11) is -1.80. The average molecular weight is 382 g/mol. The smallest absolute Gasteiger partial charge is 0.246 e. The summed E-state index contributed by atoms with van der Waals surface area (Å²) in [5.74, 6) is 0.391. The van der Waals surface area contributed by atoms with Gasteiger partial charge in [0.05, 0.1) is 30.3 Å². The molecule has 3 heterocycles. The van der Waals surface area contributed by atoms with Crippen molar-refractivity contribution in [3.63, 3.8) is 0 Å². The zero-order chi connectivity index (χ0) is 19.1. The first kappa shape index (κ1) is 19.1. The van der Waals surface area contributed by atoms with E-state index in [1.807, 2.05) is 20.2 Å². The van der Waals surface area contributed by atoms with E-state index in [1.54, 1.807) is 22.5 Å². The minimum atomic E-state index is -3.63.